The molecule has 2 rings (SSSR count). The van der Waals surface area contributed by atoms with Crippen LogP contribution in [-0.4, -0.2) is 34.7 Å². The van der Waals surface area contributed by atoms with E-state index in [9.17, 15) is 14.0 Å². The molecule has 0 N–H and O–H groups in total. The fourth-order valence-electron chi connectivity index (χ4n) is 2.53. The SMILES string of the molecule is C=CCN(CC(=O)N(Cc1ccc(F)cc1)Cc1cccs1)C(=O)CC. The molecule has 0 aliphatic carbocycles. The lowest BCUT2D eigenvalue weighted by Gasteiger charge is -2.27. The molecule has 0 atom stereocenters. The maximum atomic E-state index is 13.1. The lowest BCUT2D eigenvalue weighted by atomic mass is 10.2. The summed E-state index contributed by atoms with van der Waals surface area (Å²) in [5, 5.41) is 1.96. The highest BCUT2D eigenvalue weighted by Crippen LogP contribution is 2.15. The molecule has 0 radical (unpaired) electrons. The molecule has 0 bridgehead atoms. The van der Waals surface area contributed by atoms with E-state index in [1.165, 1.54) is 17.0 Å². The monoisotopic (exact) mass is 374 g/mol. The minimum absolute atomic E-state index is 0.00522. The first-order chi connectivity index (χ1) is 12.5. The van der Waals surface area contributed by atoms with Gasteiger partial charge in [0.25, 0.3) is 0 Å². The van der Waals surface area contributed by atoms with Crippen molar-refractivity contribution >= 4 is 23.2 Å². The van der Waals surface area contributed by atoms with Gasteiger partial charge in [-0.15, -0.1) is 17.9 Å². The van der Waals surface area contributed by atoms with Gasteiger partial charge in [0, 0.05) is 24.4 Å². The van der Waals surface area contributed by atoms with Crippen molar-refractivity contribution in [2.24, 2.45) is 0 Å². The van der Waals surface area contributed by atoms with Crippen LogP contribution >= 0.6 is 11.3 Å². The van der Waals surface area contributed by atoms with Crippen LogP contribution in [0.5, 0.6) is 0 Å². The van der Waals surface area contributed by atoms with Gasteiger partial charge in [0.15, 0.2) is 0 Å². The van der Waals surface area contributed by atoms with E-state index in [4.69, 9.17) is 0 Å². The number of rotatable bonds is 9. The predicted octanol–water partition coefficient (Wildman–Crippen LogP) is 3.84. The zero-order valence-electron chi connectivity index (χ0n) is 14.9. The second-order valence-electron chi connectivity index (χ2n) is 5.87. The minimum Gasteiger partial charge on any atom is -0.332 e. The summed E-state index contributed by atoms with van der Waals surface area (Å²) in [5.74, 6) is -0.543. The Balaban J connectivity index is 2.15. The Morgan fingerprint density at radius 2 is 1.85 bits per heavy atom. The van der Waals surface area contributed by atoms with Gasteiger partial charge in [-0.1, -0.05) is 31.2 Å². The van der Waals surface area contributed by atoms with Crippen LogP contribution in [0.3, 0.4) is 0 Å². The van der Waals surface area contributed by atoms with E-state index in [1.54, 1.807) is 41.4 Å². The Morgan fingerprint density at radius 1 is 1.12 bits per heavy atom. The first-order valence-corrected chi connectivity index (χ1v) is 9.34. The smallest absolute Gasteiger partial charge is 0.242 e. The summed E-state index contributed by atoms with van der Waals surface area (Å²) in [7, 11) is 0. The molecule has 0 aliphatic heterocycles. The van der Waals surface area contributed by atoms with Gasteiger partial charge in [-0.3, -0.25) is 9.59 Å². The lowest BCUT2D eigenvalue weighted by Crippen LogP contribution is -2.42. The van der Waals surface area contributed by atoms with Gasteiger partial charge in [-0.05, 0) is 29.1 Å². The predicted molar refractivity (Wildman–Crippen MR) is 102 cm³/mol. The molecule has 0 saturated carbocycles. The van der Waals surface area contributed by atoms with Crippen molar-refractivity contribution in [3.05, 3.63) is 70.7 Å². The number of amides is 2. The molecular weight excluding hydrogens is 351 g/mol. The highest BCUT2D eigenvalue weighted by molar-refractivity contribution is 7.09. The molecule has 0 saturated heterocycles. The number of halogens is 1. The van der Waals surface area contributed by atoms with Gasteiger partial charge < -0.3 is 9.80 Å². The van der Waals surface area contributed by atoms with E-state index < -0.39 is 0 Å². The molecule has 1 aromatic carbocycles. The quantitative estimate of drug-likeness (QED) is 0.626. The summed E-state index contributed by atoms with van der Waals surface area (Å²) >= 11 is 1.57. The number of thiophene rings is 1. The van der Waals surface area contributed by atoms with Crippen molar-refractivity contribution in [1.82, 2.24) is 9.80 Å². The summed E-state index contributed by atoms with van der Waals surface area (Å²) in [6, 6.07) is 10.0. The van der Waals surface area contributed by atoms with E-state index in [2.05, 4.69) is 6.58 Å². The topological polar surface area (TPSA) is 40.6 Å². The van der Waals surface area contributed by atoms with Gasteiger partial charge in [-0.25, -0.2) is 4.39 Å². The number of hydrogen-bond acceptors (Lipinski definition) is 3. The third-order valence-electron chi connectivity index (χ3n) is 3.90. The Bertz CT molecular complexity index is 729. The highest BCUT2D eigenvalue weighted by Gasteiger charge is 2.20. The van der Waals surface area contributed by atoms with E-state index >= 15 is 0 Å². The second-order valence-corrected chi connectivity index (χ2v) is 6.90. The average molecular weight is 374 g/mol. The van der Waals surface area contributed by atoms with Crippen LogP contribution in [0.15, 0.2) is 54.4 Å². The molecule has 0 fully saturated rings. The van der Waals surface area contributed by atoms with Gasteiger partial charge in [0.2, 0.25) is 11.8 Å². The molecule has 1 heterocycles. The number of nitrogens with zero attached hydrogens (tertiary/aromatic N) is 2. The third kappa shape index (κ3) is 5.81. The Labute approximate surface area is 157 Å². The number of carbonyl (C=O) groups is 2. The van der Waals surface area contributed by atoms with Gasteiger partial charge in [-0.2, -0.15) is 0 Å². The average Bonchev–Trinajstić information content (AvgIpc) is 3.15. The molecule has 0 unspecified atom stereocenters. The van der Waals surface area contributed by atoms with Crippen molar-refractivity contribution in [1.29, 1.82) is 0 Å². The molecule has 1 aromatic heterocycles. The maximum absolute atomic E-state index is 13.1. The van der Waals surface area contributed by atoms with Crippen LogP contribution in [-0.2, 0) is 22.7 Å². The molecule has 0 spiro atoms. The standard InChI is InChI=1S/C20H23FN2O2S/c1-3-11-22(19(24)4-2)15-20(25)23(14-18-6-5-12-26-18)13-16-7-9-17(21)10-8-16/h3,5-10,12H,1,4,11,13-15H2,2H3. The van der Waals surface area contributed by atoms with E-state index in [0.29, 0.717) is 26.1 Å². The summed E-state index contributed by atoms with van der Waals surface area (Å²) in [6.07, 6.45) is 1.95. The Morgan fingerprint density at radius 3 is 2.42 bits per heavy atom. The minimum atomic E-state index is -0.310. The molecule has 2 aromatic rings. The Hall–Kier alpha value is -2.47. The van der Waals surface area contributed by atoms with Crippen LogP contribution in [0.1, 0.15) is 23.8 Å². The zero-order valence-corrected chi connectivity index (χ0v) is 15.7. The molecule has 4 nitrogen and oxygen atoms in total. The van der Waals surface area contributed by atoms with Crippen LogP contribution in [0.25, 0.3) is 0 Å². The molecule has 2 amide bonds. The van der Waals surface area contributed by atoms with E-state index in [-0.39, 0.29) is 24.2 Å². The normalized spacial score (nSPS) is 10.4. The molecule has 26 heavy (non-hydrogen) atoms. The summed E-state index contributed by atoms with van der Waals surface area (Å²) in [6.45, 7) is 6.58. The number of hydrogen-bond donors (Lipinski definition) is 0. The van der Waals surface area contributed by atoms with E-state index in [0.717, 1.165) is 10.4 Å². The fourth-order valence-corrected chi connectivity index (χ4v) is 3.25. The van der Waals surface area contributed by atoms with Gasteiger partial charge in [0.05, 0.1) is 6.54 Å². The maximum Gasteiger partial charge on any atom is 0.242 e. The van der Waals surface area contributed by atoms with Crippen molar-refractivity contribution < 1.29 is 14.0 Å². The summed E-state index contributed by atoms with van der Waals surface area (Å²) in [5.41, 5.74) is 0.841. The molecule has 6 heteroatoms. The molecule has 0 aliphatic rings. The van der Waals surface area contributed by atoms with Crippen LogP contribution in [0.2, 0.25) is 0 Å². The van der Waals surface area contributed by atoms with Gasteiger partial charge >= 0.3 is 0 Å². The number of benzene rings is 1. The van der Waals surface area contributed by atoms with Crippen molar-refractivity contribution in [3.63, 3.8) is 0 Å². The van der Waals surface area contributed by atoms with Gasteiger partial charge in [0.1, 0.15) is 12.4 Å². The first kappa shape index (κ1) is 19.8. The molecule has 138 valence electrons. The zero-order chi connectivity index (χ0) is 18.9. The van der Waals surface area contributed by atoms with Crippen molar-refractivity contribution in [3.8, 4) is 0 Å². The van der Waals surface area contributed by atoms with Crippen LogP contribution < -0.4 is 0 Å². The Kier molecular flexibility index (Phi) is 7.53. The van der Waals surface area contributed by atoms with Crippen LogP contribution in [0.4, 0.5) is 4.39 Å². The molecular formula is C20H23FN2O2S. The summed E-state index contributed by atoms with van der Waals surface area (Å²) in [4.78, 5) is 29.2. The number of carbonyl (C=O) groups excluding carboxylic acids is 2. The third-order valence-corrected chi connectivity index (χ3v) is 4.76. The van der Waals surface area contributed by atoms with E-state index in [1.807, 2.05) is 17.5 Å². The van der Waals surface area contributed by atoms with Crippen molar-refractivity contribution in [2.75, 3.05) is 13.1 Å². The summed E-state index contributed by atoms with van der Waals surface area (Å²) < 4.78 is 13.1. The first-order valence-electron chi connectivity index (χ1n) is 8.46. The lowest BCUT2D eigenvalue weighted by molar-refractivity contribution is -0.140. The largest absolute Gasteiger partial charge is 0.332 e. The van der Waals surface area contributed by atoms with Crippen LogP contribution in [0, 0.1) is 5.82 Å². The fraction of sp³-hybridized carbons (Fsp3) is 0.300. The van der Waals surface area contributed by atoms with Crippen molar-refractivity contribution in [2.45, 2.75) is 26.4 Å². The highest BCUT2D eigenvalue weighted by atomic mass is 32.1. The second kappa shape index (κ2) is 9.87.